The number of aliphatic hydroxyl groups excluding tert-OH is 1. The first kappa shape index (κ1) is 17.4. The van der Waals surface area contributed by atoms with E-state index in [1.807, 2.05) is 0 Å². The second-order valence-corrected chi connectivity index (χ2v) is 4.30. The fourth-order valence-electron chi connectivity index (χ4n) is 2.16. The fourth-order valence-corrected chi connectivity index (χ4v) is 2.16. The third-order valence-electron chi connectivity index (χ3n) is 3.01. The Labute approximate surface area is 125 Å². The molecule has 1 fully saturated rings. The number of halogens is 1. The molecule has 2 rings (SSSR count). The Morgan fingerprint density at radius 2 is 1.61 bits per heavy atom. The van der Waals surface area contributed by atoms with Crippen LogP contribution in [0, 0.1) is 0 Å². The minimum Gasteiger partial charge on any atom is -0.480 e. The highest BCUT2D eigenvalue weighted by atomic mass is 127. The minimum atomic E-state index is -1.19. The van der Waals surface area contributed by atoms with Crippen molar-refractivity contribution in [2.75, 3.05) is 6.61 Å². The summed E-state index contributed by atoms with van der Waals surface area (Å²) in [7, 11) is 0. The van der Waals surface area contributed by atoms with Crippen molar-refractivity contribution in [3.63, 3.8) is 0 Å². The molecule has 1 aliphatic carbocycles. The van der Waals surface area contributed by atoms with Crippen molar-refractivity contribution in [3.8, 4) is 0 Å². The molecule has 0 aromatic heterocycles. The fraction of sp³-hybridized carbons (Fsp3) is 0.500. The minimum absolute atomic E-state index is 0. The van der Waals surface area contributed by atoms with Gasteiger partial charge in [-0.2, -0.15) is 0 Å². The van der Waals surface area contributed by atoms with Gasteiger partial charge in [0.25, 0.3) is 0 Å². The number of benzene rings is 1. The van der Waals surface area contributed by atoms with Gasteiger partial charge in [-0.1, -0.05) is 49.6 Å². The van der Waals surface area contributed by atoms with Crippen LogP contribution in [-0.4, -0.2) is 22.8 Å². The highest BCUT2D eigenvalue weighted by Crippen LogP contribution is 2.31. The molecule has 0 aliphatic heterocycles. The van der Waals surface area contributed by atoms with E-state index in [-0.39, 0.29) is 24.0 Å². The van der Waals surface area contributed by atoms with Gasteiger partial charge in [0.1, 0.15) is 6.61 Å². The van der Waals surface area contributed by atoms with Crippen molar-refractivity contribution in [1.29, 1.82) is 0 Å². The van der Waals surface area contributed by atoms with Crippen molar-refractivity contribution >= 4 is 29.9 Å². The van der Waals surface area contributed by atoms with Crippen molar-refractivity contribution in [3.05, 3.63) is 35.9 Å². The van der Waals surface area contributed by atoms with Gasteiger partial charge >= 0.3 is 5.97 Å². The highest BCUT2D eigenvalue weighted by Gasteiger charge is 2.14. The van der Waals surface area contributed by atoms with Gasteiger partial charge in [0.2, 0.25) is 0 Å². The zero-order valence-corrected chi connectivity index (χ0v) is 12.7. The average Bonchev–Trinajstić information content (AvgIpc) is 2.41. The van der Waals surface area contributed by atoms with Gasteiger partial charge in [-0.25, -0.2) is 4.79 Å². The Morgan fingerprint density at radius 1 is 1.11 bits per heavy atom. The molecule has 0 radical (unpaired) electrons. The van der Waals surface area contributed by atoms with Gasteiger partial charge < -0.3 is 10.2 Å². The van der Waals surface area contributed by atoms with Gasteiger partial charge in [-0.15, -0.1) is 24.0 Å². The first-order chi connectivity index (χ1) is 8.24. The van der Waals surface area contributed by atoms with Crippen LogP contribution in [0.5, 0.6) is 0 Å². The van der Waals surface area contributed by atoms with E-state index in [1.54, 1.807) is 5.56 Å². The molecule has 0 amide bonds. The van der Waals surface area contributed by atoms with Gasteiger partial charge in [0.05, 0.1) is 0 Å². The zero-order valence-electron chi connectivity index (χ0n) is 10.4. The molecule has 2 N–H and O–H groups in total. The van der Waals surface area contributed by atoms with E-state index in [4.69, 9.17) is 15.0 Å². The van der Waals surface area contributed by atoms with Gasteiger partial charge in [-0.3, -0.25) is 0 Å². The van der Waals surface area contributed by atoms with Crippen LogP contribution in [0.25, 0.3) is 0 Å². The average molecular weight is 364 g/mol. The third-order valence-corrected chi connectivity index (χ3v) is 3.01. The van der Waals surface area contributed by atoms with Crippen LogP contribution < -0.4 is 0 Å². The van der Waals surface area contributed by atoms with E-state index >= 15 is 0 Å². The molecule has 1 aromatic rings. The highest BCUT2D eigenvalue weighted by molar-refractivity contribution is 14.0. The summed E-state index contributed by atoms with van der Waals surface area (Å²) in [5.41, 5.74) is 1.55. The molecule has 0 bridgehead atoms. The van der Waals surface area contributed by atoms with Gasteiger partial charge in [0, 0.05) is 0 Å². The third kappa shape index (κ3) is 6.96. The number of carboxylic acid groups (broad SMARTS) is 1. The summed E-state index contributed by atoms with van der Waals surface area (Å²) in [5, 5.41) is 15.0. The second-order valence-electron chi connectivity index (χ2n) is 4.30. The molecular formula is C14H21IO3. The molecule has 0 heterocycles. The first-order valence-corrected chi connectivity index (χ1v) is 6.11. The lowest BCUT2D eigenvalue weighted by Crippen LogP contribution is -2.03. The van der Waals surface area contributed by atoms with E-state index in [0.29, 0.717) is 0 Å². The number of aliphatic hydroxyl groups is 1. The van der Waals surface area contributed by atoms with Gasteiger partial charge in [-0.05, 0) is 24.3 Å². The predicted octanol–water partition coefficient (Wildman–Crippen LogP) is 3.42. The quantitative estimate of drug-likeness (QED) is 0.791. The maximum atomic E-state index is 9.12. The largest absolute Gasteiger partial charge is 0.480 e. The number of hydrogen-bond acceptors (Lipinski definition) is 2. The number of aliphatic carboxylic acids is 1. The second kappa shape index (κ2) is 10.3. The normalized spacial score (nSPS) is 14.9. The molecule has 102 valence electrons. The molecule has 3 nitrogen and oxygen atoms in total. The Morgan fingerprint density at radius 3 is 2.06 bits per heavy atom. The molecular weight excluding hydrogens is 343 g/mol. The lowest BCUT2D eigenvalue weighted by Gasteiger charge is -2.21. The number of carbonyl (C=O) groups is 1. The maximum absolute atomic E-state index is 9.12. The summed E-state index contributed by atoms with van der Waals surface area (Å²) in [6.07, 6.45) is 7.12. The Balaban J connectivity index is 0.000000421. The van der Waals surface area contributed by atoms with Crippen LogP contribution in [-0.2, 0) is 4.79 Å². The van der Waals surface area contributed by atoms with E-state index in [0.717, 1.165) is 5.92 Å². The maximum Gasteiger partial charge on any atom is 0.329 e. The molecule has 0 saturated heterocycles. The monoisotopic (exact) mass is 364 g/mol. The Kier molecular flexibility index (Phi) is 9.96. The number of hydrogen-bond donors (Lipinski definition) is 2. The summed E-state index contributed by atoms with van der Waals surface area (Å²) >= 11 is 0. The number of carboxylic acids is 1. The summed E-state index contributed by atoms with van der Waals surface area (Å²) in [5.74, 6) is -0.329. The Bertz CT molecular complexity index is 321. The molecule has 1 aliphatic rings. The zero-order chi connectivity index (χ0) is 12.5. The van der Waals surface area contributed by atoms with E-state index < -0.39 is 12.6 Å². The van der Waals surface area contributed by atoms with Crippen molar-refractivity contribution < 1.29 is 15.0 Å². The predicted molar refractivity (Wildman–Crippen MR) is 82.4 cm³/mol. The summed E-state index contributed by atoms with van der Waals surface area (Å²) < 4.78 is 0. The molecule has 1 saturated carbocycles. The Hall–Kier alpha value is -0.620. The van der Waals surface area contributed by atoms with Crippen LogP contribution in [0.4, 0.5) is 0 Å². The first-order valence-electron chi connectivity index (χ1n) is 6.11. The van der Waals surface area contributed by atoms with E-state index in [1.165, 1.54) is 32.1 Å². The van der Waals surface area contributed by atoms with Crippen LogP contribution in [0.2, 0.25) is 0 Å². The van der Waals surface area contributed by atoms with Crippen molar-refractivity contribution in [2.24, 2.45) is 0 Å². The molecule has 0 spiro atoms. The van der Waals surface area contributed by atoms with E-state index in [2.05, 4.69) is 30.3 Å². The van der Waals surface area contributed by atoms with Crippen molar-refractivity contribution in [2.45, 2.75) is 38.0 Å². The molecule has 1 aromatic carbocycles. The lowest BCUT2D eigenvalue weighted by atomic mass is 9.84. The van der Waals surface area contributed by atoms with Crippen molar-refractivity contribution in [1.82, 2.24) is 0 Å². The van der Waals surface area contributed by atoms with Crippen LogP contribution in [0.15, 0.2) is 30.3 Å². The van der Waals surface area contributed by atoms with Gasteiger partial charge in [0.15, 0.2) is 0 Å². The van der Waals surface area contributed by atoms with E-state index in [9.17, 15) is 0 Å². The number of rotatable bonds is 2. The molecule has 0 atom stereocenters. The summed E-state index contributed by atoms with van der Waals surface area (Å²) in [4.78, 5) is 9.12. The molecule has 18 heavy (non-hydrogen) atoms. The summed E-state index contributed by atoms with van der Waals surface area (Å²) in [6, 6.07) is 11.0. The van der Waals surface area contributed by atoms with Crippen LogP contribution >= 0.6 is 24.0 Å². The standard InChI is InChI=1S/C12H16.C2H4O3.HI/c1-3-7-11(8-4-1)12-9-5-2-6-10-12;3-1-2(4)5;/h1,3-4,7-8,12H,2,5-6,9-10H2;3H,1H2,(H,4,5);1H. The smallest absolute Gasteiger partial charge is 0.329 e. The van der Waals surface area contributed by atoms with Crippen LogP contribution in [0.1, 0.15) is 43.6 Å². The van der Waals surface area contributed by atoms with Crippen LogP contribution in [0.3, 0.4) is 0 Å². The summed E-state index contributed by atoms with van der Waals surface area (Å²) in [6.45, 7) is -0.778. The lowest BCUT2D eigenvalue weighted by molar-refractivity contribution is -0.140. The SMILES string of the molecule is I.O=C(O)CO.c1ccc(C2CCCCC2)cc1. The molecule has 0 unspecified atom stereocenters. The topological polar surface area (TPSA) is 57.5 Å². The molecule has 4 heteroatoms.